The molecule has 0 spiro atoms. The number of aryl methyl sites for hydroxylation is 3. The Labute approximate surface area is 159 Å². The lowest BCUT2D eigenvalue weighted by molar-refractivity contribution is 0.463. The van der Waals surface area contributed by atoms with Gasteiger partial charge in [0.05, 0.1) is 18.8 Å². The summed E-state index contributed by atoms with van der Waals surface area (Å²) in [7, 11) is 0. The van der Waals surface area contributed by atoms with E-state index in [0.717, 1.165) is 23.6 Å². The van der Waals surface area contributed by atoms with Crippen molar-refractivity contribution in [2.75, 3.05) is 6.54 Å². The molecule has 0 aliphatic carbocycles. The highest BCUT2D eigenvalue weighted by Crippen LogP contribution is 2.10. The molecule has 132 valence electrons. The van der Waals surface area contributed by atoms with Crippen LogP contribution in [0.25, 0.3) is 0 Å². The summed E-state index contributed by atoms with van der Waals surface area (Å²) in [4.78, 5) is 8.83. The summed E-state index contributed by atoms with van der Waals surface area (Å²) in [5.41, 5.74) is 2.48. The molecule has 0 aliphatic rings. The van der Waals surface area contributed by atoms with Crippen LogP contribution in [0.2, 0.25) is 0 Å². The van der Waals surface area contributed by atoms with Crippen molar-refractivity contribution >= 4 is 29.9 Å². The Morgan fingerprint density at radius 2 is 2.00 bits per heavy atom. The highest BCUT2D eigenvalue weighted by atomic mass is 127. The highest BCUT2D eigenvalue weighted by molar-refractivity contribution is 14.0. The van der Waals surface area contributed by atoms with Gasteiger partial charge in [0, 0.05) is 6.54 Å². The van der Waals surface area contributed by atoms with Crippen molar-refractivity contribution in [1.29, 1.82) is 0 Å². The summed E-state index contributed by atoms with van der Waals surface area (Å²) < 4.78 is 18.8. The quantitative estimate of drug-likeness (QED) is 0.419. The molecule has 0 aliphatic heterocycles. The van der Waals surface area contributed by atoms with E-state index in [1.165, 1.54) is 6.07 Å². The Balaban J connectivity index is 0.00000288. The summed E-state index contributed by atoms with van der Waals surface area (Å²) in [5, 5.41) is 6.35. The first-order valence-corrected chi connectivity index (χ1v) is 7.69. The zero-order valence-corrected chi connectivity index (χ0v) is 16.8. The second-order valence-corrected chi connectivity index (χ2v) is 5.38. The number of hydrogen-bond donors (Lipinski definition) is 2. The molecule has 0 atom stereocenters. The second-order valence-electron chi connectivity index (χ2n) is 5.38. The number of aromatic nitrogens is 1. The minimum Gasteiger partial charge on any atom is -0.444 e. The molecule has 0 bridgehead atoms. The number of rotatable bonds is 5. The molecule has 5 nitrogen and oxygen atoms in total. The number of aliphatic imine (C=N–C) groups is 1. The van der Waals surface area contributed by atoms with Gasteiger partial charge in [-0.3, -0.25) is 0 Å². The molecule has 0 fully saturated rings. The maximum absolute atomic E-state index is 13.3. The first kappa shape index (κ1) is 20.4. The number of hydrogen-bond acceptors (Lipinski definition) is 3. The van der Waals surface area contributed by atoms with Crippen LogP contribution < -0.4 is 10.6 Å². The van der Waals surface area contributed by atoms with Crippen molar-refractivity contribution in [3.8, 4) is 0 Å². The Morgan fingerprint density at radius 3 is 2.58 bits per heavy atom. The van der Waals surface area contributed by atoms with Crippen LogP contribution in [0.15, 0.2) is 27.6 Å². The van der Waals surface area contributed by atoms with Crippen molar-refractivity contribution in [1.82, 2.24) is 15.6 Å². The van der Waals surface area contributed by atoms with Gasteiger partial charge in [-0.1, -0.05) is 12.1 Å². The third-order valence-corrected chi connectivity index (χ3v) is 3.47. The van der Waals surface area contributed by atoms with Crippen LogP contribution in [-0.2, 0) is 13.1 Å². The van der Waals surface area contributed by atoms with Crippen LogP contribution in [0.3, 0.4) is 0 Å². The van der Waals surface area contributed by atoms with Gasteiger partial charge in [-0.05, 0) is 44.9 Å². The average Bonchev–Trinajstić information content (AvgIpc) is 2.84. The number of benzene rings is 1. The molecule has 0 amide bonds. The number of nitrogens with one attached hydrogen (secondary N) is 2. The SMILES string of the molecule is CCNC(=NCc1ccc(F)c(C)c1)NCc1nc(C)c(C)o1.I. The van der Waals surface area contributed by atoms with Gasteiger partial charge in [0.2, 0.25) is 5.89 Å². The zero-order chi connectivity index (χ0) is 16.8. The van der Waals surface area contributed by atoms with Crippen LogP contribution in [0.5, 0.6) is 0 Å². The third kappa shape index (κ3) is 5.77. The van der Waals surface area contributed by atoms with Crippen LogP contribution in [0, 0.1) is 26.6 Å². The molecule has 1 aromatic heterocycles. The lowest BCUT2D eigenvalue weighted by atomic mass is 10.1. The lowest BCUT2D eigenvalue weighted by Crippen LogP contribution is -2.36. The number of guanidine groups is 1. The van der Waals surface area contributed by atoms with Crippen molar-refractivity contribution < 1.29 is 8.81 Å². The molecule has 1 heterocycles. The molecular formula is C17H24FIN4O. The van der Waals surface area contributed by atoms with Crippen molar-refractivity contribution in [3.05, 3.63) is 52.5 Å². The van der Waals surface area contributed by atoms with Crippen LogP contribution in [-0.4, -0.2) is 17.5 Å². The van der Waals surface area contributed by atoms with Crippen molar-refractivity contribution in [2.45, 2.75) is 40.8 Å². The van der Waals surface area contributed by atoms with Gasteiger partial charge in [0.15, 0.2) is 5.96 Å². The highest BCUT2D eigenvalue weighted by Gasteiger charge is 2.06. The number of nitrogens with zero attached hydrogens (tertiary/aromatic N) is 2. The Hall–Kier alpha value is -1.64. The standard InChI is InChI=1S/C17H23FN4O.HI/c1-5-19-17(21-10-16-22-12(3)13(4)23-16)20-9-14-6-7-15(18)11(2)8-14;/h6-8H,5,9-10H2,1-4H3,(H2,19,20,21);1H. The maximum Gasteiger partial charge on any atom is 0.214 e. The first-order chi connectivity index (χ1) is 11.0. The van der Waals surface area contributed by atoms with Crippen LogP contribution in [0.1, 0.15) is 35.4 Å². The molecule has 2 N–H and O–H groups in total. The van der Waals surface area contributed by atoms with E-state index in [1.54, 1.807) is 13.0 Å². The van der Waals surface area contributed by atoms with Gasteiger partial charge in [-0.15, -0.1) is 24.0 Å². The molecule has 1 aromatic carbocycles. The predicted molar refractivity (Wildman–Crippen MR) is 104 cm³/mol. The van der Waals surface area contributed by atoms with E-state index in [9.17, 15) is 4.39 Å². The fourth-order valence-electron chi connectivity index (χ4n) is 2.09. The van der Waals surface area contributed by atoms with Gasteiger partial charge < -0.3 is 15.1 Å². The van der Waals surface area contributed by atoms with E-state index in [-0.39, 0.29) is 29.8 Å². The third-order valence-electron chi connectivity index (χ3n) is 3.47. The summed E-state index contributed by atoms with van der Waals surface area (Å²) >= 11 is 0. The van der Waals surface area contributed by atoms with Crippen LogP contribution in [0.4, 0.5) is 4.39 Å². The van der Waals surface area contributed by atoms with Gasteiger partial charge >= 0.3 is 0 Å². The summed E-state index contributed by atoms with van der Waals surface area (Å²) in [6.45, 7) is 9.24. The van der Waals surface area contributed by atoms with E-state index in [0.29, 0.717) is 30.5 Å². The van der Waals surface area contributed by atoms with E-state index in [1.807, 2.05) is 26.8 Å². The fraction of sp³-hybridized carbons (Fsp3) is 0.412. The molecule has 0 saturated carbocycles. The second kappa shape index (κ2) is 9.61. The van der Waals surface area contributed by atoms with Gasteiger partial charge in [-0.25, -0.2) is 14.4 Å². The van der Waals surface area contributed by atoms with Gasteiger partial charge in [-0.2, -0.15) is 0 Å². The Bertz CT molecular complexity index is 680. The zero-order valence-electron chi connectivity index (χ0n) is 14.4. The molecular weight excluding hydrogens is 422 g/mol. The molecule has 2 rings (SSSR count). The first-order valence-electron chi connectivity index (χ1n) is 7.69. The van der Waals surface area contributed by atoms with E-state index in [4.69, 9.17) is 4.42 Å². The molecule has 7 heteroatoms. The summed E-state index contributed by atoms with van der Waals surface area (Å²) in [6, 6.07) is 5.03. The van der Waals surface area contributed by atoms with E-state index < -0.39 is 0 Å². The van der Waals surface area contributed by atoms with Gasteiger partial charge in [0.1, 0.15) is 11.6 Å². The van der Waals surface area contributed by atoms with Gasteiger partial charge in [0.25, 0.3) is 0 Å². The topological polar surface area (TPSA) is 62.5 Å². The lowest BCUT2D eigenvalue weighted by Gasteiger charge is -2.10. The molecule has 0 saturated heterocycles. The van der Waals surface area contributed by atoms with Crippen molar-refractivity contribution in [2.24, 2.45) is 4.99 Å². The minimum atomic E-state index is -0.197. The van der Waals surface area contributed by atoms with E-state index in [2.05, 4.69) is 20.6 Å². The summed E-state index contributed by atoms with van der Waals surface area (Å²) in [6.07, 6.45) is 0. The number of halogens is 2. The monoisotopic (exact) mass is 446 g/mol. The molecule has 0 unspecified atom stereocenters. The van der Waals surface area contributed by atoms with E-state index >= 15 is 0 Å². The summed E-state index contributed by atoms with van der Waals surface area (Å²) in [5.74, 6) is 1.93. The predicted octanol–water partition coefficient (Wildman–Crippen LogP) is 3.61. The fourth-order valence-corrected chi connectivity index (χ4v) is 2.09. The maximum atomic E-state index is 13.3. The smallest absolute Gasteiger partial charge is 0.214 e. The van der Waals surface area contributed by atoms with Crippen molar-refractivity contribution in [3.63, 3.8) is 0 Å². The normalized spacial score (nSPS) is 11.1. The van der Waals surface area contributed by atoms with Crippen LogP contribution >= 0.6 is 24.0 Å². The minimum absolute atomic E-state index is 0. The largest absolute Gasteiger partial charge is 0.444 e. The molecule has 24 heavy (non-hydrogen) atoms. The molecule has 2 aromatic rings. The Morgan fingerprint density at radius 1 is 1.25 bits per heavy atom. The molecule has 0 radical (unpaired) electrons. The number of oxazole rings is 1. The average molecular weight is 446 g/mol. The Kier molecular flexibility index (Phi) is 8.17.